The molecule has 0 amide bonds. The summed E-state index contributed by atoms with van der Waals surface area (Å²) in [5.74, 6) is 1.98. The molecular weight excluding hydrogens is 318 g/mol. The van der Waals surface area contributed by atoms with Gasteiger partial charge in [-0.2, -0.15) is 0 Å². The van der Waals surface area contributed by atoms with Crippen LogP contribution >= 0.6 is 11.3 Å². The van der Waals surface area contributed by atoms with Gasteiger partial charge in [-0.05, 0) is 44.9 Å². The lowest BCUT2D eigenvalue weighted by molar-refractivity contribution is 0.573. The molecule has 0 saturated carbocycles. The minimum absolute atomic E-state index is 0.878. The summed E-state index contributed by atoms with van der Waals surface area (Å²) in [4.78, 5) is 17.5. The second kappa shape index (κ2) is 7.47. The van der Waals surface area contributed by atoms with Gasteiger partial charge in [0.2, 0.25) is 0 Å². The Labute approximate surface area is 147 Å². The fourth-order valence-corrected chi connectivity index (χ4v) is 4.71. The van der Waals surface area contributed by atoms with Crippen LogP contribution in [0.25, 0.3) is 0 Å². The van der Waals surface area contributed by atoms with Crippen molar-refractivity contribution >= 4 is 23.0 Å². The second-order valence-corrected chi connectivity index (χ2v) is 7.84. The van der Waals surface area contributed by atoms with Crippen molar-refractivity contribution in [3.63, 3.8) is 0 Å². The van der Waals surface area contributed by atoms with Crippen LogP contribution in [0.2, 0.25) is 0 Å². The van der Waals surface area contributed by atoms with E-state index in [9.17, 15) is 0 Å². The molecule has 1 N–H and O–H groups in total. The maximum atomic E-state index is 4.81. The van der Waals surface area contributed by atoms with Crippen LogP contribution in [0.1, 0.15) is 47.7 Å². The highest BCUT2D eigenvalue weighted by Crippen LogP contribution is 2.27. The molecule has 3 heterocycles. The number of hydrogen-bond acceptors (Lipinski definition) is 6. The molecule has 4 rings (SSSR count). The smallest absolute Gasteiger partial charge is 0.134 e. The zero-order chi connectivity index (χ0) is 16.2. The van der Waals surface area contributed by atoms with E-state index >= 15 is 0 Å². The molecule has 0 spiro atoms. The number of thiazole rings is 1. The van der Waals surface area contributed by atoms with Crippen LogP contribution in [0.4, 0.5) is 11.6 Å². The molecule has 0 aromatic carbocycles. The molecule has 1 saturated heterocycles. The van der Waals surface area contributed by atoms with Crippen LogP contribution in [-0.2, 0) is 19.3 Å². The Bertz CT molecular complexity index is 654. The minimum atomic E-state index is 0.878. The molecule has 1 fully saturated rings. The van der Waals surface area contributed by atoms with Crippen molar-refractivity contribution in [3.8, 4) is 0 Å². The lowest BCUT2D eigenvalue weighted by Gasteiger charge is -2.27. The monoisotopic (exact) mass is 343 g/mol. The highest BCUT2D eigenvalue weighted by Gasteiger charge is 2.15. The predicted molar refractivity (Wildman–Crippen MR) is 99.0 cm³/mol. The molecule has 2 aliphatic rings. The van der Waals surface area contributed by atoms with Gasteiger partial charge in [-0.1, -0.05) is 0 Å². The number of aromatic nitrogens is 3. The van der Waals surface area contributed by atoms with E-state index in [4.69, 9.17) is 4.98 Å². The molecule has 2 aromatic rings. The quantitative estimate of drug-likeness (QED) is 0.901. The van der Waals surface area contributed by atoms with Crippen molar-refractivity contribution in [1.82, 2.24) is 15.0 Å². The van der Waals surface area contributed by atoms with Gasteiger partial charge in [-0.3, -0.25) is 0 Å². The normalized spacial score (nSPS) is 17.6. The first-order chi connectivity index (χ1) is 11.9. The number of nitrogens with zero attached hydrogens (tertiary/aromatic N) is 4. The molecule has 1 aliphatic carbocycles. The van der Waals surface area contributed by atoms with E-state index < -0.39 is 0 Å². The molecule has 24 heavy (non-hydrogen) atoms. The van der Waals surface area contributed by atoms with Crippen molar-refractivity contribution in [2.45, 2.75) is 51.4 Å². The Hall–Kier alpha value is -1.69. The Morgan fingerprint density at radius 1 is 1.04 bits per heavy atom. The van der Waals surface area contributed by atoms with E-state index in [0.717, 1.165) is 37.7 Å². The molecule has 0 radical (unpaired) electrons. The molecule has 6 heteroatoms. The largest absolute Gasteiger partial charge is 0.369 e. The lowest BCUT2D eigenvalue weighted by Crippen LogP contribution is -2.30. The SMILES string of the molecule is c1nc(NCCc2nc3c(s2)CCCC3)cc(N2CCCCC2)n1. The van der Waals surface area contributed by atoms with E-state index in [1.165, 1.54) is 60.5 Å². The summed E-state index contributed by atoms with van der Waals surface area (Å²) in [5, 5.41) is 4.71. The molecule has 5 nitrogen and oxygen atoms in total. The van der Waals surface area contributed by atoms with E-state index in [1.54, 1.807) is 6.33 Å². The molecule has 2 aromatic heterocycles. The Morgan fingerprint density at radius 2 is 1.92 bits per heavy atom. The standard InChI is InChI=1S/C18H25N5S/c1-4-10-23(11-5-1)17-12-16(20-13-21-17)19-9-8-18-22-14-6-2-3-7-15(14)24-18/h12-13H,1-11H2,(H,19,20,21). The minimum Gasteiger partial charge on any atom is -0.369 e. The van der Waals surface area contributed by atoms with Crippen molar-refractivity contribution in [2.75, 3.05) is 29.9 Å². The number of fused-ring (bicyclic) bond motifs is 1. The first-order valence-corrected chi connectivity index (χ1v) is 9.98. The summed E-state index contributed by atoms with van der Waals surface area (Å²) >= 11 is 1.90. The van der Waals surface area contributed by atoms with Crippen molar-refractivity contribution in [2.24, 2.45) is 0 Å². The fourth-order valence-electron chi connectivity index (χ4n) is 3.55. The zero-order valence-corrected chi connectivity index (χ0v) is 14.9. The first kappa shape index (κ1) is 15.8. The summed E-state index contributed by atoms with van der Waals surface area (Å²) in [6.45, 7) is 3.10. The first-order valence-electron chi connectivity index (χ1n) is 9.17. The highest BCUT2D eigenvalue weighted by atomic mass is 32.1. The number of hydrogen-bond donors (Lipinski definition) is 1. The molecular formula is C18H25N5S. The Morgan fingerprint density at radius 3 is 2.79 bits per heavy atom. The maximum absolute atomic E-state index is 4.81. The number of nitrogens with one attached hydrogen (secondary N) is 1. The summed E-state index contributed by atoms with van der Waals surface area (Å²) in [6, 6.07) is 2.08. The van der Waals surface area contributed by atoms with Gasteiger partial charge in [0.25, 0.3) is 0 Å². The van der Waals surface area contributed by atoms with Crippen LogP contribution in [0.3, 0.4) is 0 Å². The summed E-state index contributed by atoms with van der Waals surface area (Å²) < 4.78 is 0. The Kier molecular flexibility index (Phi) is 4.92. The third-order valence-corrected chi connectivity index (χ3v) is 6.08. The molecule has 0 atom stereocenters. The van der Waals surface area contributed by atoms with Gasteiger partial charge < -0.3 is 10.2 Å². The van der Waals surface area contributed by atoms with E-state index in [1.807, 2.05) is 11.3 Å². The topological polar surface area (TPSA) is 53.9 Å². The van der Waals surface area contributed by atoms with Gasteiger partial charge >= 0.3 is 0 Å². The molecule has 128 valence electrons. The van der Waals surface area contributed by atoms with Gasteiger partial charge in [0.15, 0.2) is 0 Å². The van der Waals surface area contributed by atoms with Gasteiger partial charge in [-0.25, -0.2) is 15.0 Å². The molecule has 0 bridgehead atoms. The lowest BCUT2D eigenvalue weighted by atomic mass is 10.0. The van der Waals surface area contributed by atoms with Gasteiger partial charge in [0, 0.05) is 37.0 Å². The van der Waals surface area contributed by atoms with Crippen LogP contribution in [0.5, 0.6) is 0 Å². The van der Waals surface area contributed by atoms with Crippen molar-refractivity contribution in [1.29, 1.82) is 0 Å². The van der Waals surface area contributed by atoms with Gasteiger partial charge in [0.05, 0.1) is 10.7 Å². The average Bonchev–Trinajstić information content (AvgIpc) is 3.05. The third-order valence-electron chi connectivity index (χ3n) is 4.87. The predicted octanol–water partition coefficient (Wildman–Crippen LogP) is 3.46. The van der Waals surface area contributed by atoms with Crippen molar-refractivity contribution in [3.05, 3.63) is 28.0 Å². The molecule has 1 aliphatic heterocycles. The number of aryl methyl sites for hydroxylation is 2. The van der Waals surface area contributed by atoms with Crippen LogP contribution in [-0.4, -0.2) is 34.6 Å². The van der Waals surface area contributed by atoms with Gasteiger partial charge in [0.1, 0.15) is 18.0 Å². The number of piperidine rings is 1. The van der Waals surface area contributed by atoms with E-state index in [0.29, 0.717) is 0 Å². The summed E-state index contributed by atoms with van der Waals surface area (Å²) in [6.07, 6.45) is 11.5. The van der Waals surface area contributed by atoms with Gasteiger partial charge in [-0.15, -0.1) is 11.3 Å². The highest BCUT2D eigenvalue weighted by molar-refractivity contribution is 7.11. The van der Waals surface area contributed by atoms with Crippen LogP contribution in [0.15, 0.2) is 12.4 Å². The fraction of sp³-hybridized carbons (Fsp3) is 0.611. The summed E-state index contributed by atoms with van der Waals surface area (Å²) in [5.41, 5.74) is 1.36. The van der Waals surface area contributed by atoms with E-state index in [2.05, 4.69) is 26.3 Å². The van der Waals surface area contributed by atoms with Crippen LogP contribution < -0.4 is 10.2 Å². The maximum Gasteiger partial charge on any atom is 0.134 e. The molecule has 0 unspecified atom stereocenters. The van der Waals surface area contributed by atoms with Crippen molar-refractivity contribution < 1.29 is 0 Å². The zero-order valence-electron chi connectivity index (χ0n) is 14.1. The van der Waals surface area contributed by atoms with Crippen LogP contribution in [0, 0.1) is 0 Å². The summed E-state index contributed by atoms with van der Waals surface area (Å²) in [7, 11) is 0. The Balaban J connectivity index is 1.33. The van der Waals surface area contributed by atoms with E-state index in [-0.39, 0.29) is 0 Å². The second-order valence-electron chi connectivity index (χ2n) is 6.67. The number of rotatable bonds is 5. The number of anilines is 2. The third kappa shape index (κ3) is 3.69. The average molecular weight is 344 g/mol.